The molecule has 0 aliphatic heterocycles. The first-order valence-electron chi connectivity index (χ1n) is 9.72. The van der Waals surface area contributed by atoms with Crippen LogP contribution < -0.4 is 21.7 Å². The smallest absolute Gasteiger partial charge is 0.326 e. The average Bonchev–Trinajstić information content (AvgIpc) is 2.66. The van der Waals surface area contributed by atoms with E-state index in [0.717, 1.165) is 0 Å². The van der Waals surface area contributed by atoms with Crippen LogP contribution in [0, 0.1) is 5.92 Å². The van der Waals surface area contributed by atoms with E-state index in [1.165, 1.54) is 0 Å². The maximum Gasteiger partial charge on any atom is 0.326 e. The zero-order valence-electron chi connectivity index (χ0n) is 17.7. The van der Waals surface area contributed by atoms with Crippen LogP contribution in [0.25, 0.3) is 0 Å². The van der Waals surface area contributed by atoms with E-state index >= 15 is 0 Å². The largest absolute Gasteiger partial charge is 0.481 e. The summed E-state index contributed by atoms with van der Waals surface area (Å²) in [5.74, 6) is -7.07. The summed E-state index contributed by atoms with van der Waals surface area (Å²) in [5, 5.41) is 42.5. The van der Waals surface area contributed by atoms with Gasteiger partial charge in [-0.1, -0.05) is 13.8 Å². The summed E-state index contributed by atoms with van der Waals surface area (Å²) < 4.78 is 0. The van der Waals surface area contributed by atoms with Gasteiger partial charge in [0.2, 0.25) is 17.7 Å². The Kier molecular flexibility index (Phi) is 12.5. The quantitative estimate of drug-likeness (QED) is 0.124. The van der Waals surface area contributed by atoms with Gasteiger partial charge in [-0.25, -0.2) is 4.79 Å². The molecule has 0 aliphatic rings. The van der Waals surface area contributed by atoms with Crippen LogP contribution in [-0.2, 0) is 28.8 Å². The number of aliphatic hydroxyl groups excluding tert-OH is 1. The van der Waals surface area contributed by atoms with Gasteiger partial charge in [-0.05, 0) is 18.8 Å². The molecule has 0 bridgehead atoms. The van der Waals surface area contributed by atoms with Crippen molar-refractivity contribution in [3.05, 3.63) is 0 Å². The summed E-state index contributed by atoms with van der Waals surface area (Å²) in [6.07, 6.45) is -1.54. The summed E-state index contributed by atoms with van der Waals surface area (Å²) in [6, 6.07) is -5.79. The molecule has 0 spiro atoms. The minimum Gasteiger partial charge on any atom is -0.481 e. The van der Waals surface area contributed by atoms with Gasteiger partial charge in [0.15, 0.2) is 0 Å². The molecule has 0 aromatic heterocycles. The van der Waals surface area contributed by atoms with Crippen molar-refractivity contribution in [1.82, 2.24) is 16.0 Å². The molecule has 3 amide bonds. The first-order chi connectivity index (χ1) is 14.8. The Morgan fingerprint density at radius 1 is 0.781 bits per heavy atom. The van der Waals surface area contributed by atoms with Crippen molar-refractivity contribution in [2.24, 2.45) is 11.7 Å². The number of carboxylic acids is 3. The number of hydrogen-bond acceptors (Lipinski definition) is 8. The maximum atomic E-state index is 12.6. The van der Waals surface area contributed by atoms with E-state index in [1.54, 1.807) is 13.8 Å². The van der Waals surface area contributed by atoms with E-state index in [4.69, 9.17) is 21.1 Å². The Hall–Kier alpha value is -3.26. The lowest BCUT2D eigenvalue weighted by atomic mass is 10.0. The van der Waals surface area contributed by atoms with E-state index < -0.39 is 85.7 Å². The second kappa shape index (κ2) is 13.9. The molecular formula is C18H30N4O10. The minimum atomic E-state index is -1.59. The Morgan fingerprint density at radius 3 is 1.72 bits per heavy atom. The van der Waals surface area contributed by atoms with Crippen molar-refractivity contribution < 1.29 is 49.2 Å². The molecule has 0 saturated carbocycles. The van der Waals surface area contributed by atoms with Gasteiger partial charge in [-0.15, -0.1) is 0 Å². The highest BCUT2D eigenvalue weighted by atomic mass is 16.4. The number of nitrogens with two attached hydrogens (primary N) is 1. The van der Waals surface area contributed by atoms with E-state index in [0.29, 0.717) is 0 Å². The Labute approximate surface area is 183 Å². The number of amides is 3. The van der Waals surface area contributed by atoms with Crippen molar-refractivity contribution in [3.8, 4) is 0 Å². The predicted octanol–water partition coefficient (Wildman–Crippen LogP) is -2.77. The highest BCUT2D eigenvalue weighted by molar-refractivity contribution is 5.94. The number of aliphatic carboxylic acids is 3. The van der Waals surface area contributed by atoms with Crippen molar-refractivity contribution in [2.45, 2.75) is 63.7 Å². The van der Waals surface area contributed by atoms with Crippen LogP contribution in [0.15, 0.2) is 0 Å². The Morgan fingerprint density at radius 2 is 1.28 bits per heavy atom. The third-order valence-corrected chi connectivity index (χ3v) is 4.15. The van der Waals surface area contributed by atoms with Crippen LogP contribution in [0.3, 0.4) is 0 Å². The fourth-order valence-electron chi connectivity index (χ4n) is 2.53. The average molecular weight is 462 g/mol. The number of carbonyl (C=O) groups excluding carboxylic acids is 3. The van der Waals surface area contributed by atoms with E-state index in [-0.39, 0.29) is 12.3 Å². The number of rotatable bonds is 15. The fourth-order valence-corrected chi connectivity index (χ4v) is 2.53. The van der Waals surface area contributed by atoms with Gasteiger partial charge in [-0.3, -0.25) is 24.0 Å². The monoisotopic (exact) mass is 462 g/mol. The van der Waals surface area contributed by atoms with Gasteiger partial charge in [0.1, 0.15) is 18.1 Å². The van der Waals surface area contributed by atoms with Crippen LogP contribution in [0.4, 0.5) is 0 Å². The summed E-state index contributed by atoms with van der Waals surface area (Å²) in [7, 11) is 0. The highest BCUT2D eigenvalue weighted by Crippen LogP contribution is 2.07. The molecular weight excluding hydrogens is 432 g/mol. The molecule has 14 heteroatoms. The number of carbonyl (C=O) groups is 6. The van der Waals surface area contributed by atoms with Gasteiger partial charge in [-0.2, -0.15) is 0 Å². The molecule has 0 heterocycles. The van der Waals surface area contributed by atoms with Crippen molar-refractivity contribution in [1.29, 1.82) is 0 Å². The molecule has 0 fully saturated rings. The van der Waals surface area contributed by atoms with Crippen LogP contribution in [0.1, 0.15) is 39.5 Å². The molecule has 14 nitrogen and oxygen atoms in total. The standard InChI is InChI=1S/C18H30N4O10/c1-8(2)5-11(21-15(28)9(19)6-14(26)27)16(29)22-12(7-23)17(30)20-10(18(31)32)3-4-13(24)25/h8-12,23H,3-7,19H2,1-2H3,(H,20,30)(H,21,28)(H,22,29)(H,24,25)(H,26,27)(H,31,32). The van der Waals surface area contributed by atoms with E-state index in [1.807, 2.05) is 5.32 Å². The van der Waals surface area contributed by atoms with Gasteiger partial charge < -0.3 is 42.1 Å². The summed E-state index contributed by atoms with van der Waals surface area (Å²) in [6.45, 7) is 2.56. The van der Waals surface area contributed by atoms with Gasteiger partial charge in [0.25, 0.3) is 0 Å². The topological polar surface area (TPSA) is 245 Å². The third kappa shape index (κ3) is 11.2. The summed E-state index contributed by atoms with van der Waals surface area (Å²) in [4.78, 5) is 69.5. The lowest BCUT2D eigenvalue weighted by Crippen LogP contribution is -2.58. The molecule has 9 N–H and O–H groups in total. The van der Waals surface area contributed by atoms with Gasteiger partial charge in [0, 0.05) is 6.42 Å². The number of carboxylic acid groups (broad SMARTS) is 3. The molecule has 4 unspecified atom stereocenters. The second-order valence-corrected chi connectivity index (χ2v) is 7.47. The first-order valence-corrected chi connectivity index (χ1v) is 9.72. The van der Waals surface area contributed by atoms with E-state index in [9.17, 15) is 33.9 Å². The molecule has 4 atom stereocenters. The van der Waals surface area contributed by atoms with Gasteiger partial charge in [0.05, 0.1) is 19.1 Å². The summed E-state index contributed by atoms with van der Waals surface area (Å²) >= 11 is 0. The number of aliphatic hydroxyl groups is 1. The fraction of sp³-hybridized carbons (Fsp3) is 0.667. The SMILES string of the molecule is CC(C)CC(NC(=O)C(N)CC(=O)O)C(=O)NC(CO)C(=O)NC(CCC(=O)O)C(=O)O. The summed E-state index contributed by atoms with van der Waals surface area (Å²) in [5.41, 5.74) is 5.48. The lowest BCUT2D eigenvalue weighted by Gasteiger charge is -2.25. The Bertz CT molecular complexity index is 712. The van der Waals surface area contributed by atoms with Crippen molar-refractivity contribution >= 4 is 35.6 Å². The van der Waals surface area contributed by atoms with Crippen LogP contribution in [0.2, 0.25) is 0 Å². The Balaban J connectivity index is 5.25. The maximum absolute atomic E-state index is 12.6. The van der Waals surface area contributed by atoms with Crippen molar-refractivity contribution in [2.75, 3.05) is 6.61 Å². The molecule has 0 radical (unpaired) electrons. The molecule has 0 aromatic rings. The number of hydrogen-bond donors (Lipinski definition) is 8. The molecule has 182 valence electrons. The molecule has 0 aromatic carbocycles. The van der Waals surface area contributed by atoms with E-state index in [2.05, 4.69) is 10.6 Å². The predicted molar refractivity (Wildman–Crippen MR) is 107 cm³/mol. The second-order valence-electron chi connectivity index (χ2n) is 7.47. The molecule has 0 saturated heterocycles. The number of nitrogens with one attached hydrogen (secondary N) is 3. The van der Waals surface area contributed by atoms with Gasteiger partial charge >= 0.3 is 17.9 Å². The van der Waals surface area contributed by atoms with Crippen LogP contribution in [0.5, 0.6) is 0 Å². The third-order valence-electron chi connectivity index (χ3n) is 4.15. The minimum absolute atomic E-state index is 0.0908. The first kappa shape index (κ1) is 28.7. The van der Waals surface area contributed by atoms with Crippen LogP contribution >= 0.6 is 0 Å². The van der Waals surface area contributed by atoms with Crippen LogP contribution in [-0.4, -0.2) is 86.8 Å². The molecule has 0 rings (SSSR count). The highest BCUT2D eigenvalue weighted by Gasteiger charge is 2.30. The normalized spacial score (nSPS) is 14.5. The lowest BCUT2D eigenvalue weighted by molar-refractivity contribution is -0.143. The zero-order valence-corrected chi connectivity index (χ0v) is 17.7. The van der Waals surface area contributed by atoms with Crippen molar-refractivity contribution in [3.63, 3.8) is 0 Å². The zero-order chi connectivity index (χ0) is 25.0. The molecule has 0 aliphatic carbocycles. The molecule has 32 heavy (non-hydrogen) atoms.